The summed E-state index contributed by atoms with van der Waals surface area (Å²) in [5, 5.41) is 0. The van der Waals surface area contributed by atoms with E-state index in [2.05, 4.69) is 20.9 Å². The topological polar surface area (TPSA) is 48.1 Å². The van der Waals surface area contributed by atoms with Crippen molar-refractivity contribution >= 4 is 15.9 Å². The average molecular weight is 269 g/mol. The van der Waals surface area contributed by atoms with Crippen LogP contribution in [0.2, 0.25) is 0 Å². The van der Waals surface area contributed by atoms with Gasteiger partial charge in [0.05, 0.1) is 24.6 Å². The molecule has 1 aromatic rings. The first-order valence-electron chi connectivity index (χ1n) is 4.95. The van der Waals surface area contributed by atoms with Crippen LogP contribution < -0.4 is 5.73 Å². The molecule has 0 aliphatic carbocycles. The van der Waals surface area contributed by atoms with Gasteiger partial charge in [0.1, 0.15) is 0 Å². The summed E-state index contributed by atoms with van der Waals surface area (Å²) in [6.07, 6.45) is 5.55. The van der Waals surface area contributed by atoms with Gasteiger partial charge >= 0.3 is 0 Å². The first-order chi connectivity index (χ1) is 7.29. The second-order valence-electron chi connectivity index (χ2n) is 3.52. The van der Waals surface area contributed by atoms with Crippen molar-refractivity contribution in [3.8, 4) is 0 Å². The summed E-state index contributed by atoms with van der Waals surface area (Å²) in [6.45, 7) is 0.791. The van der Waals surface area contributed by atoms with E-state index >= 15 is 0 Å². The Bertz CT molecular complexity index is 379. The van der Waals surface area contributed by atoms with Crippen LogP contribution in [0.15, 0.2) is 34.6 Å². The van der Waals surface area contributed by atoms with E-state index in [1.165, 1.54) is 0 Å². The summed E-state index contributed by atoms with van der Waals surface area (Å²) in [5.74, 6) is 0. The molecule has 0 amide bonds. The predicted molar refractivity (Wildman–Crippen MR) is 62.1 cm³/mol. The van der Waals surface area contributed by atoms with Gasteiger partial charge in [0.25, 0.3) is 0 Å². The van der Waals surface area contributed by atoms with E-state index in [-0.39, 0.29) is 6.04 Å². The molecule has 0 radical (unpaired) electrons. The maximum Gasteiger partial charge on any atom is 0.0876 e. The van der Waals surface area contributed by atoms with Gasteiger partial charge in [-0.1, -0.05) is 0 Å². The molecule has 0 saturated carbocycles. The molecular weight excluding hydrogens is 256 g/mol. The van der Waals surface area contributed by atoms with Crippen LogP contribution in [0.25, 0.3) is 0 Å². The second kappa shape index (κ2) is 4.77. The van der Waals surface area contributed by atoms with E-state index in [1.54, 1.807) is 12.5 Å². The first-order valence-corrected chi connectivity index (χ1v) is 5.75. The van der Waals surface area contributed by atoms with Crippen molar-refractivity contribution in [2.24, 2.45) is 5.73 Å². The lowest BCUT2D eigenvalue weighted by atomic mass is 10.00. The molecule has 2 heterocycles. The third-order valence-corrected chi connectivity index (χ3v) is 3.11. The second-order valence-corrected chi connectivity index (χ2v) is 4.37. The van der Waals surface area contributed by atoms with Crippen LogP contribution in [0.3, 0.4) is 0 Å². The molecule has 0 saturated heterocycles. The van der Waals surface area contributed by atoms with Crippen molar-refractivity contribution in [3.63, 3.8) is 0 Å². The lowest BCUT2D eigenvalue weighted by Crippen LogP contribution is -2.18. The monoisotopic (exact) mass is 268 g/mol. The Morgan fingerprint density at radius 2 is 2.40 bits per heavy atom. The molecular formula is C11H13BrN2O. The number of hydrogen-bond acceptors (Lipinski definition) is 3. The summed E-state index contributed by atoms with van der Waals surface area (Å²) >= 11 is 3.45. The SMILES string of the molecule is NC(C1=COCCC1)c1ncccc1Br. The van der Waals surface area contributed by atoms with E-state index in [0.29, 0.717) is 0 Å². The lowest BCUT2D eigenvalue weighted by molar-refractivity contribution is 0.221. The molecule has 0 fully saturated rings. The zero-order valence-electron chi connectivity index (χ0n) is 8.32. The molecule has 0 aromatic carbocycles. The van der Waals surface area contributed by atoms with Crippen molar-refractivity contribution < 1.29 is 4.74 Å². The van der Waals surface area contributed by atoms with Crippen LogP contribution in [-0.2, 0) is 4.74 Å². The molecule has 2 N–H and O–H groups in total. The molecule has 80 valence electrons. The molecule has 4 heteroatoms. The molecule has 1 atom stereocenters. The smallest absolute Gasteiger partial charge is 0.0876 e. The number of aromatic nitrogens is 1. The normalized spacial score (nSPS) is 17.9. The number of nitrogens with two attached hydrogens (primary N) is 1. The Balaban J connectivity index is 2.23. The number of rotatable bonds is 2. The Hall–Kier alpha value is -0.870. The predicted octanol–water partition coefficient (Wildman–Crippen LogP) is 2.54. The molecule has 1 aromatic heterocycles. The molecule has 1 unspecified atom stereocenters. The third-order valence-electron chi connectivity index (χ3n) is 2.44. The molecule has 3 nitrogen and oxygen atoms in total. The van der Waals surface area contributed by atoms with Gasteiger partial charge in [0.15, 0.2) is 0 Å². The van der Waals surface area contributed by atoms with Crippen molar-refractivity contribution in [1.82, 2.24) is 4.98 Å². The fourth-order valence-corrected chi connectivity index (χ4v) is 2.12. The van der Waals surface area contributed by atoms with Crippen LogP contribution >= 0.6 is 15.9 Å². The van der Waals surface area contributed by atoms with Gasteiger partial charge in [-0.15, -0.1) is 0 Å². The highest BCUT2D eigenvalue weighted by molar-refractivity contribution is 9.10. The van der Waals surface area contributed by atoms with Gasteiger partial charge in [-0.3, -0.25) is 4.98 Å². The summed E-state index contributed by atoms with van der Waals surface area (Å²) in [7, 11) is 0. The van der Waals surface area contributed by atoms with Crippen molar-refractivity contribution in [1.29, 1.82) is 0 Å². The zero-order valence-corrected chi connectivity index (χ0v) is 9.90. The van der Waals surface area contributed by atoms with Crippen LogP contribution in [0.1, 0.15) is 24.6 Å². The molecule has 1 aliphatic rings. The van der Waals surface area contributed by atoms with E-state index in [4.69, 9.17) is 10.5 Å². The fourth-order valence-electron chi connectivity index (χ4n) is 1.62. The highest BCUT2D eigenvalue weighted by Gasteiger charge is 2.17. The first kappa shape index (κ1) is 10.6. The highest BCUT2D eigenvalue weighted by atomic mass is 79.9. The molecule has 0 bridgehead atoms. The van der Waals surface area contributed by atoms with Gasteiger partial charge in [-0.2, -0.15) is 0 Å². The summed E-state index contributed by atoms with van der Waals surface area (Å²) < 4.78 is 6.23. The standard InChI is InChI=1S/C11H13BrN2O/c12-9-4-1-5-14-11(9)10(13)8-3-2-6-15-7-8/h1,4-5,7,10H,2-3,6,13H2. The van der Waals surface area contributed by atoms with Crippen LogP contribution in [-0.4, -0.2) is 11.6 Å². The Morgan fingerprint density at radius 1 is 1.53 bits per heavy atom. The number of pyridine rings is 1. The van der Waals surface area contributed by atoms with E-state index in [9.17, 15) is 0 Å². The summed E-state index contributed by atoms with van der Waals surface area (Å²) in [4.78, 5) is 4.29. The maximum atomic E-state index is 6.13. The van der Waals surface area contributed by atoms with Gasteiger partial charge in [-0.05, 0) is 46.5 Å². The van der Waals surface area contributed by atoms with Crippen molar-refractivity contribution in [2.75, 3.05) is 6.61 Å². The fraction of sp³-hybridized carbons (Fsp3) is 0.364. The summed E-state index contributed by atoms with van der Waals surface area (Å²) in [5.41, 5.74) is 8.11. The average Bonchev–Trinajstić information content (AvgIpc) is 2.30. The Morgan fingerprint density at radius 3 is 3.07 bits per heavy atom. The van der Waals surface area contributed by atoms with Gasteiger partial charge < -0.3 is 10.5 Å². The van der Waals surface area contributed by atoms with Crippen LogP contribution in [0, 0.1) is 0 Å². The molecule has 2 rings (SSSR count). The van der Waals surface area contributed by atoms with Crippen molar-refractivity contribution in [2.45, 2.75) is 18.9 Å². The van der Waals surface area contributed by atoms with E-state index in [1.807, 2.05) is 12.1 Å². The number of ether oxygens (including phenoxy) is 1. The minimum atomic E-state index is -0.166. The largest absolute Gasteiger partial charge is 0.501 e. The van der Waals surface area contributed by atoms with Crippen LogP contribution in [0.4, 0.5) is 0 Å². The van der Waals surface area contributed by atoms with E-state index in [0.717, 1.165) is 35.2 Å². The Labute approximate surface area is 97.5 Å². The maximum absolute atomic E-state index is 6.13. The van der Waals surface area contributed by atoms with E-state index < -0.39 is 0 Å². The third kappa shape index (κ3) is 2.38. The van der Waals surface area contributed by atoms with Crippen molar-refractivity contribution in [3.05, 3.63) is 40.3 Å². The highest BCUT2D eigenvalue weighted by Crippen LogP contribution is 2.28. The molecule has 15 heavy (non-hydrogen) atoms. The minimum absolute atomic E-state index is 0.166. The molecule has 1 aliphatic heterocycles. The summed E-state index contributed by atoms with van der Waals surface area (Å²) in [6, 6.07) is 3.67. The quantitative estimate of drug-likeness (QED) is 0.897. The number of hydrogen-bond donors (Lipinski definition) is 1. The van der Waals surface area contributed by atoms with Gasteiger partial charge in [0.2, 0.25) is 0 Å². The van der Waals surface area contributed by atoms with Gasteiger partial charge in [-0.25, -0.2) is 0 Å². The number of nitrogens with zero attached hydrogens (tertiary/aromatic N) is 1. The van der Waals surface area contributed by atoms with Gasteiger partial charge in [0, 0.05) is 10.7 Å². The number of halogens is 1. The molecule has 0 spiro atoms. The zero-order chi connectivity index (χ0) is 10.7. The Kier molecular flexibility index (Phi) is 3.38. The van der Waals surface area contributed by atoms with Crippen LogP contribution in [0.5, 0.6) is 0 Å². The lowest BCUT2D eigenvalue weighted by Gasteiger charge is -2.19. The minimum Gasteiger partial charge on any atom is -0.501 e.